The fraction of sp³-hybridized carbons (Fsp3) is 0.227. The molecule has 0 bridgehead atoms. The van der Waals surface area contributed by atoms with Gasteiger partial charge in [-0.05, 0) is 59.7 Å². The number of carbonyl (C=O) groups excluding carboxylic acids is 1. The van der Waals surface area contributed by atoms with Crippen molar-refractivity contribution in [1.82, 2.24) is 30.2 Å². The smallest absolute Gasteiger partial charge is 0.307 e. The number of fused-ring (bicyclic) bond motifs is 2. The van der Waals surface area contributed by atoms with Gasteiger partial charge in [0.1, 0.15) is 23.1 Å². The minimum Gasteiger partial charge on any atom is -0.496 e. The van der Waals surface area contributed by atoms with E-state index in [0.717, 1.165) is 52.2 Å². The maximum atomic E-state index is 13.7. The van der Waals surface area contributed by atoms with Crippen molar-refractivity contribution < 1.29 is 33.0 Å². The van der Waals surface area contributed by atoms with Crippen molar-refractivity contribution in [3.8, 4) is 34.0 Å². The van der Waals surface area contributed by atoms with Crippen molar-refractivity contribution in [3.05, 3.63) is 140 Å². The molecule has 6 N–H and O–H groups in total. The lowest BCUT2D eigenvalue weighted by Gasteiger charge is -2.30. The van der Waals surface area contributed by atoms with Gasteiger partial charge in [0, 0.05) is 83.5 Å². The summed E-state index contributed by atoms with van der Waals surface area (Å²) < 4.78 is 37.6. The third-order valence-electron chi connectivity index (χ3n) is 9.76. The molecule has 61 heavy (non-hydrogen) atoms. The van der Waals surface area contributed by atoms with Crippen molar-refractivity contribution in [1.29, 1.82) is 0 Å². The number of benzene rings is 4. The van der Waals surface area contributed by atoms with Crippen LogP contribution in [-0.2, 0) is 48.4 Å². The molecule has 0 spiro atoms. The minimum atomic E-state index is -0.827. The van der Waals surface area contributed by atoms with Crippen LogP contribution in [0.4, 0.5) is 20.7 Å². The molecule has 1 amide bonds. The van der Waals surface area contributed by atoms with Gasteiger partial charge in [0.25, 0.3) is 0 Å². The van der Waals surface area contributed by atoms with Crippen LogP contribution in [0, 0.1) is 11.6 Å². The van der Waals surface area contributed by atoms with Crippen LogP contribution < -0.4 is 26.3 Å². The molecule has 4 aromatic carbocycles. The predicted molar refractivity (Wildman–Crippen MR) is 229 cm³/mol. The molecule has 2 aliphatic rings. The van der Waals surface area contributed by atoms with Gasteiger partial charge in [-0.25, -0.2) is 28.7 Å². The molecule has 0 radical (unpaired) electrons. The van der Waals surface area contributed by atoms with E-state index >= 15 is 0 Å². The Morgan fingerprint density at radius 2 is 1.21 bits per heavy atom. The number of rotatable bonds is 8. The zero-order valence-electron chi connectivity index (χ0n) is 33.2. The Bertz CT molecular complexity index is 2530. The molecule has 6 aromatic rings. The predicted octanol–water partition coefficient (Wildman–Crippen LogP) is 7.14. The summed E-state index contributed by atoms with van der Waals surface area (Å²) in [6.45, 7) is 2.42. The number of carboxylic acids is 1. The van der Waals surface area contributed by atoms with Gasteiger partial charge in [-0.1, -0.05) is 47.5 Å². The van der Waals surface area contributed by atoms with Crippen LogP contribution in [-0.4, -0.2) is 69.1 Å². The summed E-state index contributed by atoms with van der Waals surface area (Å²) >= 11 is 11.5. The number of halogens is 4. The largest absolute Gasteiger partial charge is 0.496 e. The number of aliphatic carboxylic acids is 1. The summed E-state index contributed by atoms with van der Waals surface area (Å²) in [5.74, 6) is -0.436. The van der Waals surface area contributed by atoms with Crippen LogP contribution in [0.1, 0.15) is 33.6 Å². The first kappa shape index (κ1) is 44.1. The SMILES string of the molecule is COc1cc(F)ccc1-c1nc(N)nc2c1CN(C(=O)Cc1ccc(Cl)cc1)CC2.COc1cc(F)ccc1-c1nc(N)nc2c1CNCC2.O=C(O)Cc1ccc(Cl)cc1. The zero-order chi connectivity index (χ0) is 43.6. The van der Waals surface area contributed by atoms with Crippen LogP contribution in [0.3, 0.4) is 0 Å². The molecule has 0 fully saturated rings. The monoisotopic (exact) mass is 870 g/mol. The molecule has 8 rings (SSSR count). The Balaban J connectivity index is 0.000000172. The quantitative estimate of drug-likeness (QED) is 0.121. The molecular weight excluding hydrogens is 829 g/mol. The Morgan fingerprint density at radius 3 is 1.72 bits per heavy atom. The van der Waals surface area contributed by atoms with Crippen LogP contribution in [0.5, 0.6) is 11.5 Å². The van der Waals surface area contributed by atoms with Crippen LogP contribution in [0.2, 0.25) is 10.0 Å². The second-order valence-corrected chi connectivity index (χ2v) is 14.8. The number of hydrogen-bond acceptors (Lipinski definition) is 11. The molecule has 0 saturated heterocycles. The third kappa shape index (κ3) is 11.4. The van der Waals surface area contributed by atoms with Crippen molar-refractivity contribution in [2.45, 2.75) is 38.8 Å². The van der Waals surface area contributed by atoms with Crippen LogP contribution >= 0.6 is 23.2 Å². The van der Waals surface area contributed by atoms with E-state index < -0.39 is 11.8 Å². The fourth-order valence-corrected chi connectivity index (χ4v) is 7.09. The first-order valence-electron chi connectivity index (χ1n) is 19.0. The first-order chi connectivity index (χ1) is 29.3. The van der Waals surface area contributed by atoms with Crippen molar-refractivity contribution in [2.75, 3.05) is 38.8 Å². The number of ether oxygens (including phenoxy) is 2. The van der Waals surface area contributed by atoms with E-state index in [1.165, 1.54) is 38.5 Å². The number of methoxy groups -OCH3 is 2. The van der Waals surface area contributed by atoms with Gasteiger partial charge < -0.3 is 36.3 Å². The Hall–Kier alpha value is -6.42. The van der Waals surface area contributed by atoms with Crippen LogP contribution in [0.25, 0.3) is 22.5 Å². The zero-order valence-corrected chi connectivity index (χ0v) is 34.7. The molecular formula is C44H42Cl2F2N8O5. The first-order valence-corrected chi connectivity index (χ1v) is 19.7. The molecule has 13 nitrogen and oxygen atoms in total. The molecule has 2 aliphatic heterocycles. The summed E-state index contributed by atoms with van der Waals surface area (Å²) in [5, 5.41) is 12.9. The molecule has 0 unspecified atom stereocenters. The summed E-state index contributed by atoms with van der Waals surface area (Å²) in [5.41, 5.74) is 19.5. The maximum absolute atomic E-state index is 13.7. The van der Waals surface area contributed by atoms with Gasteiger partial charge >= 0.3 is 5.97 Å². The standard InChI is InChI=1S/C22H20ClFN4O2.C14H15FN4O.C8H7ClO2/c1-30-19-11-15(24)6-7-16(19)21-17-12-28(9-8-18(17)26-22(25)27-21)20(29)10-13-2-4-14(23)5-3-13;1-20-12-6-8(15)2-3-9(12)13-10-7-17-5-4-11(10)18-14(16)19-13;9-7-3-1-6(2-4-7)5-8(10)11/h2-7,11H,8-10,12H2,1H3,(H2,25,26,27);2-3,6,17H,4-5,7H2,1H3,(H2,16,18,19);1-4H,5H2,(H,10,11). The summed E-state index contributed by atoms with van der Waals surface area (Å²) in [6, 6.07) is 22.6. The van der Waals surface area contributed by atoms with E-state index in [2.05, 4.69) is 25.3 Å². The number of carbonyl (C=O) groups is 2. The highest BCUT2D eigenvalue weighted by atomic mass is 35.5. The van der Waals surface area contributed by atoms with Crippen molar-refractivity contribution in [3.63, 3.8) is 0 Å². The van der Waals surface area contributed by atoms with Gasteiger partial charge in [0.2, 0.25) is 17.8 Å². The average Bonchev–Trinajstić information content (AvgIpc) is 3.24. The number of aromatic nitrogens is 4. The van der Waals surface area contributed by atoms with E-state index in [1.807, 2.05) is 12.1 Å². The highest BCUT2D eigenvalue weighted by Crippen LogP contribution is 2.36. The topological polar surface area (TPSA) is 192 Å². The number of nitrogen functional groups attached to an aromatic ring is 2. The van der Waals surface area contributed by atoms with Gasteiger partial charge in [0.05, 0.1) is 49.8 Å². The molecule has 17 heteroatoms. The summed E-state index contributed by atoms with van der Waals surface area (Å²) in [7, 11) is 2.98. The second-order valence-electron chi connectivity index (χ2n) is 13.9. The Kier molecular flexibility index (Phi) is 14.6. The molecule has 0 saturated carbocycles. The third-order valence-corrected chi connectivity index (χ3v) is 10.3. The lowest BCUT2D eigenvalue weighted by molar-refractivity contribution is -0.136. The van der Waals surface area contributed by atoms with E-state index in [-0.39, 0.29) is 36.5 Å². The molecule has 0 atom stereocenters. The highest BCUT2D eigenvalue weighted by molar-refractivity contribution is 6.30. The van der Waals surface area contributed by atoms with E-state index in [4.69, 9.17) is 49.2 Å². The number of amides is 1. The molecule has 2 aromatic heterocycles. The van der Waals surface area contributed by atoms with E-state index in [0.29, 0.717) is 64.6 Å². The Morgan fingerprint density at radius 1 is 0.721 bits per heavy atom. The normalized spacial score (nSPS) is 12.7. The highest BCUT2D eigenvalue weighted by Gasteiger charge is 2.27. The van der Waals surface area contributed by atoms with E-state index in [1.54, 1.807) is 53.4 Å². The van der Waals surface area contributed by atoms with Gasteiger partial charge in [-0.3, -0.25) is 9.59 Å². The second kappa shape index (κ2) is 20.2. The summed E-state index contributed by atoms with van der Waals surface area (Å²) in [4.78, 5) is 42.2. The van der Waals surface area contributed by atoms with Gasteiger partial charge in [0.15, 0.2) is 0 Å². The number of anilines is 2. The molecule has 0 aliphatic carbocycles. The lowest BCUT2D eigenvalue weighted by Crippen LogP contribution is -2.37. The molecule has 316 valence electrons. The van der Waals surface area contributed by atoms with Crippen molar-refractivity contribution >= 4 is 47.0 Å². The fourth-order valence-electron chi connectivity index (χ4n) is 6.84. The summed E-state index contributed by atoms with van der Waals surface area (Å²) in [6.07, 6.45) is 1.69. The van der Waals surface area contributed by atoms with Crippen LogP contribution in [0.15, 0.2) is 84.9 Å². The lowest BCUT2D eigenvalue weighted by atomic mass is 9.98. The number of carboxylic acid groups (broad SMARTS) is 1. The number of nitrogens with zero attached hydrogens (tertiary/aromatic N) is 5. The Labute approximate surface area is 360 Å². The minimum absolute atomic E-state index is 0.00295. The van der Waals surface area contributed by atoms with Gasteiger partial charge in [-0.2, -0.15) is 0 Å². The van der Waals surface area contributed by atoms with Crippen molar-refractivity contribution in [2.24, 2.45) is 0 Å². The number of hydrogen-bond donors (Lipinski definition) is 4. The van der Waals surface area contributed by atoms with E-state index in [9.17, 15) is 18.4 Å². The average molecular weight is 872 g/mol. The van der Waals surface area contributed by atoms with Gasteiger partial charge in [-0.15, -0.1) is 0 Å². The molecule has 4 heterocycles. The number of nitrogens with one attached hydrogen (secondary N) is 1. The number of nitrogens with two attached hydrogens (primary N) is 2. The maximum Gasteiger partial charge on any atom is 0.307 e.